The van der Waals surface area contributed by atoms with Crippen molar-refractivity contribution < 1.29 is 4.79 Å². The number of nitriles is 1. The monoisotopic (exact) mass is 321 g/mol. The highest BCUT2D eigenvalue weighted by Crippen LogP contribution is 2.27. The number of hydrogen-bond donors (Lipinski definition) is 1. The summed E-state index contributed by atoms with van der Waals surface area (Å²) in [7, 11) is 0. The maximum Gasteiger partial charge on any atom is 0.231 e. The van der Waals surface area contributed by atoms with Crippen LogP contribution in [0.3, 0.4) is 0 Å². The van der Waals surface area contributed by atoms with Gasteiger partial charge in [-0.3, -0.25) is 4.79 Å². The Labute approximate surface area is 135 Å². The predicted molar refractivity (Wildman–Crippen MR) is 85.3 cm³/mol. The van der Waals surface area contributed by atoms with Crippen LogP contribution in [0.25, 0.3) is 0 Å². The fourth-order valence-corrected chi connectivity index (χ4v) is 3.56. The van der Waals surface area contributed by atoms with E-state index in [9.17, 15) is 10.1 Å². The molecule has 0 saturated heterocycles. The van der Waals surface area contributed by atoms with E-state index in [1.807, 2.05) is 18.4 Å². The predicted octanol–water partition coefficient (Wildman–Crippen LogP) is 2.68. The van der Waals surface area contributed by atoms with Crippen LogP contribution in [-0.2, 0) is 4.79 Å². The SMILES string of the molecule is CC(C)n1cnnc1SCC(=O)NC1(C#N)CCCCCC1. The lowest BCUT2D eigenvalue weighted by molar-refractivity contribution is -0.120. The van der Waals surface area contributed by atoms with Gasteiger partial charge in [0.2, 0.25) is 5.91 Å². The normalized spacial score (nSPS) is 17.7. The second-order valence-electron chi connectivity index (χ2n) is 6.06. The van der Waals surface area contributed by atoms with Gasteiger partial charge in [0.25, 0.3) is 0 Å². The van der Waals surface area contributed by atoms with Crippen LogP contribution >= 0.6 is 11.8 Å². The minimum Gasteiger partial charge on any atom is -0.337 e. The molecule has 1 amide bonds. The highest BCUT2D eigenvalue weighted by molar-refractivity contribution is 7.99. The second kappa shape index (κ2) is 7.63. The van der Waals surface area contributed by atoms with Crippen LogP contribution in [0.15, 0.2) is 11.5 Å². The number of thioether (sulfide) groups is 1. The zero-order valence-electron chi connectivity index (χ0n) is 13.2. The third-order valence-corrected chi connectivity index (χ3v) is 4.94. The minimum absolute atomic E-state index is 0.105. The summed E-state index contributed by atoms with van der Waals surface area (Å²) in [4.78, 5) is 12.2. The van der Waals surface area contributed by atoms with Gasteiger partial charge in [0, 0.05) is 6.04 Å². The van der Waals surface area contributed by atoms with Gasteiger partial charge in [-0.2, -0.15) is 5.26 Å². The van der Waals surface area contributed by atoms with E-state index in [1.54, 1.807) is 6.33 Å². The summed E-state index contributed by atoms with van der Waals surface area (Å²) in [5.74, 6) is 0.154. The molecule has 1 aromatic rings. The lowest BCUT2D eigenvalue weighted by Gasteiger charge is -2.26. The molecule has 1 saturated carbocycles. The Balaban J connectivity index is 1.92. The largest absolute Gasteiger partial charge is 0.337 e. The number of carbonyl (C=O) groups excluding carboxylic acids is 1. The number of aromatic nitrogens is 3. The zero-order chi connectivity index (χ0) is 16.0. The number of carbonyl (C=O) groups is 1. The molecule has 0 unspecified atom stereocenters. The molecular formula is C15H23N5OS. The zero-order valence-corrected chi connectivity index (χ0v) is 14.0. The highest BCUT2D eigenvalue weighted by atomic mass is 32.2. The van der Waals surface area contributed by atoms with Crippen molar-refractivity contribution in [2.75, 3.05) is 5.75 Å². The second-order valence-corrected chi connectivity index (χ2v) is 7.00. The Bertz CT molecular complexity index is 540. The van der Waals surface area contributed by atoms with Crippen LogP contribution in [0.5, 0.6) is 0 Å². The van der Waals surface area contributed by atoms with Crippen LogP contribution in [0.4, 0.5) is 0 Å². The number of rotatable bonds is 5. The molecule has 0 bridgehead atoms. The van der Waals surface area contributed by atoms with E-state index < -0.39 is 5.54 Å². The molecule has 6 nitrogen and oxygen atoms in total. The average Bonchev–Trinajstić information content (AvgIpc) is 2.85. The minimum atomic E-state index is -0.681. The molecule has 120 valence electrons. The molecule has 0 spiro atoms. The summed E-state index contributed by atoms with van der Waals surface area (Å²) in [5.41, 5.74) is -0.681. The third kappa shape index (κ3) is 4.23. The van der Waals surface area contributed by atoms with Gasteiger partial charge in [0.05, 0.1) is 11.8 Å². The topological polar surface area (TPSA) is 83.6 Å². The fraction of sp³-hybridized carbons (Fsp3) is 0.733. The van der Waals surface area contributed by atoms with Gasteiger partial charge in [0.15, 0.2) is 5.16 Å². The molecule has 1 aliphatic carbocycles. The molecule has 22 heavy (non-hydrogen) atoms. The molecule has 7 heteroatoms. The van der Waals surface area contributed by atoms with E-state index in [1.165, 1.54) is 11.8 Å². The first-order chi connectivity index (χ1) is 10.6. The summed E-state index contributed by atoms with van der Waals surface area (Å²) in [6.45, 7) is 4.09. The van der Waals surface area contributed by atoms with E-state index in [0.29, 0.717) is 0 Å². The van der Waals surface area contributed by atoms with Gasteiger partial charge in [-0.25, -0.2) is 0 Å². The highest BCUT2D eigenvalue weighted by Gasteiger charge is 2.32. The molecule has 1 fully saturated rings. The summed E-state index contributed by atoms with van der Waals surface area (Å²) < 4.78 is 1.93. The van der Waals surface area contributed by atoms with Crippen molar-refractivity contribution in [3.05, 3.63) is 6.33 Å². The van der Waals surface area contributed by atoms with E-state index in [4.69, 9.17) is 0 Å². The van der Waals surface area contributed by atoms with E-state index in [-0.39, 0.29) is 17.7 Å². The third-order valence-electron chi connectivity index (χ3n) is 3.98. The quantitative estimate of drug-likeness (QED) is 0.666. The molecule has 1 aliphatic rings. The lowest BCUT2D eigenvalue weighted by atomic mass is 9.92. The molecular weight excluding hydrogens is 298 g/mol. The van der Waals surface area contributed by atoms with E-state index in [0.717, 1.165) is 43.7 Å². The fourth-order valence-electron chi connectivity index (χ4n) is 2.72. The van der Waals surface area contributed by atoms with Gasteiger partial charge < -0.3 is 9.88 Å². The number of hydrogen-bond acceptors (Lipinski definition) is 5. The van der Waals surface area contributed by atoms with Gasteiger partial charge in [-0.1, -0.05) is 37.4 Å². The number of amides is 1. The first kappa shape index (κ1) is 16.8. The van der Waals surface area contributed by atoms with Crippen molar-refractivity contribution >= 4 is 17.7 Å². The molecule has 2 rings (SSSR count). The Morgan fingerprint density at radius 2 is 2.14 bits per heavy atom. The summed E-state index contributed by atoms with van der Waals surface area (Å²) in [6.07, 6.45) is 7.47. The Morgan fingerprint density at radius 1 is 1.45 bits per heavy atom. The van der Waals surface area contributed by atoms with Crippen molar-refractivity contribution in [3.8, 4) is 6.07 Å². The molecule has 1 aromatic heterocycles. The lowest BCUT2D eigenvalue weighted by Crippen LogP contribution is -2.47. The number of nitrogens with one attached hydrogen (secondary N) is 1. The molecule has 0 atom stereocenters. The van der Waals surface area contributed by atoms with E-state index >= 15 is 0 Å². The van der Waals surface area contributed by atoms with Crippen molar-refractivity contribution in [1.82, 2.24) is 20.1 Å². The Hall–Kier alpha value is -1.55. The van der Waals surface area contributed by atoms with Crippen LogP contribution in [0, 0.1) is 11.3 Å². The average molecular weight is 321 g/mol. The first-order valence-electron chi connectivity index (χ1n) is 7.81. The first-order valence-corrected chi connectivity index (χ1v) is 8.79. The van der Waals surface area contributed by atoms with Crippen LogP contribution in [0.1, 0.15) is 58.4 Å². The molecule has 0 radical (unpaired) electrons. The molecule has 0 aliphatic heterocycles. The van der Waals surface area contributed by atoms with Gasteiger partial charge in [0.1, 0.15) is 11.9 Å². The van der Waals surface area contributed by atoms with Crippen molar-refractivity contribution in [1.29, 1.82) is 5.26 Å². The maximum atomic E-state index is 12.2. The standard InChI is InChI=1S/C15H23N5OS/c1-12(2)20-11-17-19-14(20)22-9-13(21)18-15(10-16)7-5-3-4-6-8-15/h11-12H,3-9H2,1-2H3,(H,18,21). The van der Waals surface area contributed by atoms with Crippen molar-refractivity contribution in [2.45, 2.75) is 69.1 Å². The summed E-state index contributed by atoms with van der Waals surface area (Å²) in [5, 5.41) is 21.1. The van der Waals surface area contributed by atoms with Crippen LogP contribution in [0.2, 0.25) is 0 Å². The van der Waals surface area contributed by atoms with Gasteiger partial charge in [-0.05, 0) is 26.7 Å². The summed E-state index contributed by atoms with van der Waals surface area (Å²) >= 11 is 1.36. The summed E-state index contributed by atoms with van der Waals surface area (Å²) in [6, 6.07) is 2.59. The van der Waals surface area contributed by atoms with Crippen LogP contribution in [-0.4, -0.2) is 32.0 Å². The molecule has 1 N–H and O–H groups in total. The van der Waals surface area contributed by atoms with Gasteiger partial charge in [-0.15, -0.1) is 10.2 Å². The maximum absolute atomic E-state index is 12.2. The molecule has 0 aromatic carbocycles. The van der Waals surface area contributed by atoms with E-state index in [2.05, 4.69) is 21.6 Å². The number of nitrogens with zero attached hydrogens (tertiary/aromatic N) is 4. The van der Waals surface area contributed by atoms with Crippen molar-refractivity contribution in [3.63, 3.8) is 0 Å². The van der Waals surface area contributed by atoms with Crippen molar-refractivity contribution in [2.24, 2.45) is 0 Å². The Kier molecular flexibility index (Phi) is 5.83. The molecule has 1 heterocycles. The Morgan fingerprint density at radius 3 is 2.73 bits per heavy atom. The van der Waals surface area contributed by atoms with Crippen LogP contribution < -0.4 is 5.32 Å². The van der Waals surface area contributed by atoms with Gasteiger partial charge >= 0.3 is 0 Å². The smallest absolute Gasteiger partial charge is 0.231 e.